The summed E-state index contributed by atoms with van der Waals surface area (Å²) in [6.45, 7) is 3.68. The molecule has 0 atom stereocenters. The normalized spacial score (nSPS) is 10.4. The molecule has 0 fully saturated rings. The van der Waals surface area contributed by atoms with Crippen molar-refractivity contribution in [2.75, 3.05) is 18.6 Å². The van der Waals surface area contributed by atoms with Crippen LogP contribution in [0.15, 0.2) is 22.7 Å². The number of halogens is 1. The molecule has 0 saturated carbocycles. The number of carbonyl (C=O) groups excluding carboxylic acids is 1. The summed E-state index contributed by atoms with van der Waals surface area (Å²) in [4.78, 5) is 23.7. The molecule has 0 bridgehead atoms. The smallest absolute Gasteiger partial charge is 0.325 e. The Morgan fingerprint density at radius 1 is 1.53 bits per heavy atom. The maximum absolute atomic E-state index is 11.4. The maximum Gasteiger partial charge on any atom is 0.325 e. The standard InChI is InChI=1S/C12H15BrN2O4/c1-8(2)14(7-12(16)19-3)10-5-4-9(13)6-11(10)15(17)18/h4-6,8H,7H2,1-3H3. The van der Waals surface area contributed by atoms with Crippen molar-refractivity contribution in [2.24, 2.45) is 0 Å². The van der Waals surface area contributed by atoms with Crippen LogP contribution in [0.1, 0.15) is 13.8 Å². The topological polar surface area (TPSA) is 72.7 Å². The van der Waals surface area contributed by atoms with E-state index in [1.807, 2.05) is 13.8 Å². The summed E-state index contributed by atoms with van der Waals surface area (Å²) in [5, 5.41) is 11.1. The van der Waals surface area contributed by atoms with Gasteiger partial charge in [-0.15, -0.1) is 0 Å². The third-order valence-corrected chi connectivity index (χ3v) is 3.09. The highest BCUT2D eigenvalue weighted by Gasteiger charge is 2.23. The third kappa shape index (κ3) is 3.92. The summed E-state index contributed by atoms with van der Waals surface area (Å²) in [6, 6.07) is 4.67. The van der Waals surface area contributed by atoms with E-state index in [-0.39, 0.29) is 18.3 Å². The number of ether oxygens (including phenoxy) is 1. The van der Waals surface area contributed by atoms with Crippen molar-refractivity contribution in [1.82, 2.24) is 0 Å². The van der Waals surface area contributed by atoms with E-state index in [0.29, 0.717) is 10.2 Å². The summed E-state index contributed by atoms with van der Waals surface area (Å²) in [7, 11) is 1.29. The largest absolute Gasteiger partial charge is 0.468 e. The number of esters is 1. The zero-order valence-electron chi connectivity index (χ0n) is 10.9. The molecule has 0 N–H and O–H groups in total. The van der Waals surface area contributed by atoms with Crippen LogP contribution in [0.25, 0.3) is 0 Å². The summed E-state index contributed by atoms with van der Waals surface area (Å²) < 4.78 is 5.23. The molecule has 19 heavy (non-hydrogen) atoms. The molecule has 0 aromatic heterocycles. The fourth-order valence-electron chi connectivity index (χ4n) is 1.64. The van der Waals surface area contributed by atoms with Gasteiger partial charge in [0.2, 0.25) is 0 Å². The Morgan fingerprint density at radius 2 is 2.16 bits per heavy atom. The van der Waals surface area contributed by atoms with Gasteiger partial charge in [-0.25, -0.2) is 0 Å². The van der Waals surface area contributed by atoms with E-state index in [9.17, 15) is 14.9 Å². The average molecular weight is 331 g/mol. The molecule has 104 valence electrons. The number of hydrogen-bond acceptors (Lipinski definition) is 5. The second-order valence-corrected chi connectivity index (χ2v) is 5.10. The van der Waals surface area contributed by atoms with Crippen LogP contribution in [-0.2, 0) is 9.53 Å². The molecule has 0 spiro atoms. The first-order chi connectivity index (χ1) is 8.86. The Hall–Kier alpha value is -1.63. The zero-order valence-corrected chi connectivity index (χ0v) is 12.5. The minimum atomic E-state index is -0.466. The van der Waals surface area contributed by atoms with Gasteiger partial charge < -0.3 is 9.64 Å². The fourth-order valence-corrected chi connectivity index (χ4v) is 1.98. The van der Waals surface area contributed by atoms with Gasteiger partial charge in [0.05, 0.1) is 12.0 Å². The molecule has 0 saturated heterocycles. The van der Waals surface area contributed by atoms with Crippen LogP contribution in [-0.4, -0.2) is 30.6 Å². The van der Waals surface area contributed by atoms with E-state index in [1.165, 1.54) is 13.2 Å². The van der Waals surface area contributed by atoms with Crippen LogP contribution in [0.4, 0.5) is 11.4 Å². The van der Waals surface area contributed by atoms with Crippen molar-refractivity contribution in [3.05, 3.63) is 32.8 Å². The average Bonchev–Trinajstić information content (AvgIpc) is 2.35. The van der Waals surface area contributed by atoms with Gasteiger partial charge in [-0.2, -0.15) is 0 Å². The number of nitro benzene ring substituents is 1. The van der Waals surface area contributed by atoms with E-state index in [0.717, 1.165) is 0 Å². The Labute approximate surface area is 119 Å². The number of anilines is 1. The molecule has 1 aromatic carbocycles. The predicted molar refractivity (Wildman–Crippen MR) is 75.3 cm³/mol. The summed E-state index contributed by atoms with van der Waals surface area (Å²) >= 11 is 3.20. The summed E-state index contributed by atoms with van der Waals surface area (Å²) in [5.74, 6) is -0.439. The molecule has 1 aromatic rings. The Kier molecular flexibility index (Phi) is 5.29. The predicted octanol–water partition coefficient (Wildman–Crippen LogP) is 2.75. The van der Waals surface area contributed by atoms with Gasteiger partial charge in [0.1, 0.15) is 12.2 Å². The van der Waals surface area contributed by atoms with Crippen molar-refractivity contribution in [3.63, 3.8) is 0 Å². The molecule has 7 heteroatoms. The molecule has 1 rings (SSSR count). The SMILES string of the molecule is COC(=O)CN(c1ccc(Br)cc1[N+](=O)[O-])C(C)C. The minimum Gasteiger partial charge on any atom is -0.468 e. The van der Waals surface area contributed by atoms with Gasteiger partial charge in [-0.05, 0) is 26.0 Å². The zero-order chi connectivity index (χ0) is 14.6. The summed E-state index contributed by atoms with van der Waals surface area (Å²) in [6.07, 6.45) is 0. The van der Waals surface area contributed by atoms with Crippen LogP contribution in [0.5, 0.6) is 0 Å². The first-order valence-corrected chi connectivity index (χ1v) is 6.43. The lowest BCUT2D eigenvalue weighted by Gasteiger charge is -2.27. The van der Waals surface area contributed by atoms with Crippen LogP contribution in [0.2, 0.25) is 0 Å². The molecular formula is C12H15BrN2O4. The lowest BCUT2D eigenvalue weighted by molar-refractivity contribution is -0.384. The highest BCUT2D eigenvalue weighted by Crippen LogP contribution is 2.32. The number of hydrogen-bond donors (Lipinski definition) is 0. The molecule has 0 aliphatic heterocycles. The second-order valence-electron chi connectivity index (χ2n) is 4.19. The third-order valence-electron chi connectivity index (χ3n) is 2.59. The molecule has 0 aliphatic rings. The first kappa shape index (κ1) is 15.4. The van der Waals surface area contributed by atoms with Crippen molar-refractivity contribution < 1.29 is 14.5 Å². The van der Waals surface area contributed by atoms with Gasteiger partial charge in [-0.3, -0.25) is 14.9 Å². The molecule has 0 unspecified atom stereocenters. The van der Waals surface area contributed by atoms with Crippen molar-refractivity contribution >= 4 is 33.3 Å². The molecular weight excluding hydrogens is 316 g/mol. The Bertz CT molecular complexity index is 491. The molecule has 6 nitrogen and oxygen atoms in total. The minimum absolute atomic E-state index is 0.0311. The van der Waals surface area contributed by atoms with Crippen LogP contribution < -0.4 is 4.90 Å². The lowest BCUT2D eigenvalue weighted by Crippen LogP contribution is -2.36. The van der Waals surface area contributed by atoms with E-state index >= 15 is 0 Å². The number of nitro groups is 1. The summed E-state index contributed by atoms with van der Waals surface area (Å²) in [5.41, 5.74) is 0.348. The van der Waals surface area contributed by atoms with Crippen LogP contribution in [0, 0.1) is 10.1 Å². The highest BCUT2D eigenvalue weighted by atomic mass is 79.9. The van der Waals surface area contributed by atoms with Crippen LogP contribution in [0.3, 0.4) is 0 Å². The Morgan fingerprint density at radius 3 is 2.63 bits per heavy atom. The Balaban J connectivity index is 3.22. The highest BCUT2D eigenvalue weighted by molar-refractivity contribution is 9.10. The number of rotatable bonds is 5. The van der Waals surface area contributed by atoms with Gasteiger partial charge in [-0.1, -0.05) is 15.9 Å². The fraction of sp³-hybridized carbons (Fsp3) is 0.417. The van der Waals surface area contributed by atoms with Gasteiger partial charge >= 0.3 is 5.97 Å². The van der Waals surface area contributed by atoms with Crippen molar-refractivity contribution in [3.8, 4) is 0 Å². The van der Waals surface area contributed by atoms with Gasteiger partial charge in [0, 0.05) is 16.6 Å². The van der Waals surface area contributed by atoms with E-state index < -0.39 is 10.9 Å². The van der Waals surface area contributed by atoms with Crippen molar-refractivity contribution in [1.29, 1.82) is 0 Å². The number of methoxy groups -OCH3 is 1. The van der Waals surface area contributed by atoms with E-state index in [2.05, 4.69) is 20.7 Å². The molecule has 0 aliphatic carbocycles. The lowest BCUT2D eigenvalue weighted by atomic mass is 10.2. The second kappa shape index (κ2) is 6.51. The maximum atomic E-state index is 11.4. The number of nitrogens with zero attached hydrogens (tertiary/aromatic N) is 2. The van der Waals surface area contributed by atoms with Crippen LogP contribution >= 0.6 is 15.9 Å². The van der Waals surface area contributed by atoms with E-state index in [4.69, 9.17) is 0 Å². The molecule has 0 radical (unpaired) electrons. The molecule has 0 heterocycles. The first-order valence-electron chi connectivity index (χ1n) is 5.64. The van der Waals surface area contributed by atoms with E-state index in [1.54, 1.807) is 17.0 Å². The number of benzene rings is 1. The quantitative estimate of drug-likeness (QED) is 0.471. The molecule has 0 amide bonds. The monoisotopic (exact) mass is 330 g/mol. The number of carbonyl (C=O) groups is 1. The van der Waals surface area contributed by atoms with Gasteiger partial charge in [0.25, 0.3) is 5.69 Å². The van der Waals surface area contributed by atoms with Gasteiger partial charge in [0.15, 0.2) is 0 Å². The van der Waals surface area contributed by atoms with Crippen molar-refractivity contribution in [2.45, 2.75) is 19.9 Å².